The Morgan fingerprint density at radius 3 is 2.76 bits per heavy atom. The van der Waals surface area contributed by atoms with Crippen molar-refractivity contribution < 1.29 is 19.4 Å². The minimum absolute atomic E-state index is 0.120. The molecule has 0 bridgehead atoms. The van der Waals surface area contributed by atoms with Gasteiger partial charge in [-0.25, -0.2) is 19.6 Å². The first kappa shape index (κ1) is 22.6. The lowest BCUT2D eigenvalue weighted by atomic mass is 10.3. The maximum absolute atomic E-state index is 12.9. The molecule has 2 N–H and O–H groups in total. The van der Waals surface area contributed by atoms with Gasteiger partial charge >= 0.3 is 0 Å². The van der Waals surface area contributed by atoms with Crippen molar-refractivity contribution in [2.45, 2.75) is 19.1 Å². The number of carbonyl (C=O) groups is 1. The van der Waals surface area contributed by atoms with Gasteiger partial charge in [0.1, 0.15) is 17.5 Å². The van der Waals surface area contributed by atoms with Crippen LogP contribution >= 0.6 is 11.6 Å². The van der Waals surface area contributed by atoms with Crippen molar-refractivity contribution in [2.75, 3.05) is 18.5 Å². The smallest absolute Gasteiger partial charge is 0.269 e. The van der Waals surface area contributed by atoms with Crippen molar-refractivity contribution in [1.29, 1.82) is 0 Å². The van der Waals surface area contributed by atoms with Gasteiger partial charge in [-0.05, 0) is 31.2 Å². The second kappa shape index (κ2) is 10.3. The standard InChI is InChI=1S/C22H21ClN6O4/c1-14(11-30)32-12-18(21(31)28-19-8-4-5-9-24-19)33-22-15-10-27-29(20(15)25-13-26-22)17-7-3-2-6-16(17)23/h2-10,13-14,18,30H,11-12H2,1H3,(H,24,28,31). The van der Waals surface area contributed by atoms with Gasteiger partial charge in [-0.2, -0.15) is 5.10 Å². The largest absolute Gasteiger partial charge is 0.461 e. The molecule has 0 aliphatic rings. The summed E-state index contributed by atoms with van der Waals surface area (Å²) in [6.45, 7) is 1.37. The number of hydrogen-bond acceptors (Lipinski definition) is 8. The van der Waals surface area contributed by atoms with Crippen LogP contribution in [0, 0.1) is 0 Å². The van der Waals surface area contributed by atoms with Gasteiger partial charge in [-0.1, -0.05) is 29.8 Å². The van der Waals surface area contributed by atoms with Gasteiger partial charge < -0.3 is 19.9 Å². The van der Waals surface area contributed by atoms with Crippen molar-refractivity contribution in [3.8, 4) is 11.6 Å². The van der Waals surface area contributed by atoms with E-state index in [0.29, 0.717) is 27.6 Å². The first-order valence-electron chi connectivity index (χ1n) is 10.1. The lowest BCUT2D eigenvalue weighted by Gasteiger charge is -2.20. The second-order valence-corrected chi connectivity index (χ2v) is 7.47. The number of nitrogens with zero attached hydrogens (tertiary/aromatic N) is 5. The monoisotopic (exact) mass is 468 g/mol. The molecule has 11 heteroatoms. The van der Waals surface area contributed by atoms with E-state index in [4.69, 9.17) is 21.1 Å². The molecule has 0 spiro atoms. The van der Waals surface area contributed by atoms with Gasteiger partial charge in [-0.15, -0.1) is 0 Å². The molecule has 2 unspecified atom stereocenters. The highest BCUT2D eigenvalue weighted by Crippen LogP contribution is 2.27. The van der Waals surface area contributed by atoms with Crippen LogP contribution in [0.3, 0.4) is 0 Å². The van der Waals surface area contributed by atoms with Crippen LogP contribution in [0.25, 0.3) is 16.7 Å². The Balaban J connectivity index is 1.63. The number of carbonyl (C=O) groups excluding carboxylic acids is 1. The van der Waals surface area contributed by atoms with E-state index >= 15 is 0 Å². The number of anilines is 1. The maximum atomic E-state index is 12.9. The first-order valence-corrected chi connectivity index (χ1v) is 10.5. The van der Waals surface area contributed by atoms with Gasteiger partial charge in [-0.3, -0.25) is 4.79 Å². The van der Waals surface area contributed by atoms with Crippen LogP contribution < -0.4 is 10.1 Å². The number of rotatable bonds is 9. The summed E-state index contributed by atoms with van der Waals surface area (Å²) >= 11 is 6.31. The topological polar surface area (TPSA) is 124 Å². The van der Waals surface area contributed by atoms with Crippen molar-refractivity contribution in [3.05, 3.63) is 66.2 Å². The number of pyridine rings is 1. The Labute approximate surface area is 194 Å². The molecule has 0 radical (unpaired) electrons. The Morgan fingerprint density at radius 2 is 2.00 bits per heavy atom. The van der Waals surface area contributed by atoms with Gasteiger partial charge in [0.15, 0.2) is 5.65 Å². The number of halogens is 1. The Kier molecular flexibility index (Phi) is 7.08. The predicted octanol–water partition coefficient (Wildman–Crippen LogP) is 2.65. The van der Waals surface area contributed by atoms with E-state index in [1.54, 1.807) is 48.3 Å². The van der Waals surface area contributed by atoms with Crippen molar-refractivity contribution in [3.63, 3.8) is 0 Å². The number of aromatic nitrogens is 5. The Bertz CT molecular complexity index is 1240. The molecule has 0 fully saturated rings. The SMILES string of the molecule is CC(CO)OCC(Oc1ncnc2c1cnn2-c1ccccc1Cl)C(=O)Nc1ccccn1. The molecule has 10 nitrogen and oxygen atoms in total. The molecule has 4 rings (SSSR count). The van der Waals surface area contributed by atoms with E-state index in [-0.39, 0.29) is 19.1 Å². The predicted molar refractivity (Wildman–Crippen MR) is 121 cm³/mol. The number of fused-ring (bicyclic) bond motifs is 1. The number of ether oxygens (including phenoxy) is 2. The van der Waals surface area contributed by atoms with Crippen LogP contribution in [-0.4, -0.2) is 61.2 Å². The van der Waals surface area contributed by atoms with E-state index in [2.05, 4.69) is 25.4 Å². The van der Waals surface area contributed by atoms with Gasteiger partial charge in [0.25, 0.3) is 5.91 Å². The average Bonchev–Trinajstić information content (AvgIpc) is 3.27. The van der Waals surface area contributed by atoms with E-state index in [0.717, 1.165) is 0 Å². The molecular formula is C22H21ClN6O4. The van der Waals surface area contributed by atoms with Crippen LogP contribution in [0.4, 0.5) is 5.82 Å². The lowest BCUT2D eigenvalue weighted by Crippen LogP contribution is -2.38. The quantitative estimate of drug-likeness (QED) is 0.384. The molecule has 33 heavy (non-hydrogen) atoms. The van der Waals surface area contributed by atoms with E-state index in [1.807, 2.05) is 18.2 Å². The third-order valence-corrected chi connectivity index (χ3v) is 4.98. The molecule has 0 saturated heterocycles. The Morgan fingerprint density at radius 1 is 1.18 bits per heavy atom. The minimum Gasteiger partial charge on any atom is -0.461 e. The third kappa shape index (κ3) is 5.25. The van der Waals surface area contributed by atoms with Crippen molar-refractivity contribution >= 4 is 34.4 Å². The molecule has 170 valence electrons. The van der Waals surface area contributed by atoms with Crippen LogP contribution in [0.1, 0.15) is 6.92 Å². The van der Waals surface area contributed by atoms with Gasteiger partial charge in [0.2, 0.25) is 12.0 Å². The van der Waals surface area contributed by atoms with E-state index in [9.17, 15) is 9.90 Å². The molecule has 1 amide bonds. The molecule has 4 aromatic rings. The minimum atomic E-state index is -1.08. The number of nitrogens with one attached hydrogen (secondary N) is 1. The van der Waals surface area contributed by atoms with Gasteiger partial charge in [0, 0.05) is 6.20 Å². The number of aliphatic hydroxyl groups is 1. The molecule has 1 aromatic carbocycles. The zero-order chi connectivity index (χ0) is 23.2. The molecule has 2 atom stereocenters. The summed E-state index contributed by atoms with van der Waals surface area (Å²) in [5, 5.41) is 17.3. The zero-order valence-electron chi connectivity index (χ0n) is 17.6. The van der Waals surface area contributed by atoms with Crippen molar-refractivity contribution in [1.82, 2.24) is 24.7 Å². The molecule has 3 aromatic heterocycles. The second-order valence-electron chi connectivity index (χ2n) is 7.06. The first-order chi connectivity index (χ1) is 16.1. The molecular weight excluding hydrogens is 448 g/mol. The molecule has 0 aliphatic carbocycles. The third-order valence-electron chi connectivity index (χ3n) is 4.66. The number of benzene rings is 1. The lowest BCUT2D eigenvalue weighted by molar-refractivity contribution is -0.127. The fourth-order valence-electron chi connectivity index (χ4n) is 2.96. The number of aliphatic hydroxyl groups excluding tert-OH is 1. The number of hydrogen-bond donors (Lipinski definition) is 2. The fraction of sp³-hybridized carbons (Fsp3) is 0.227. The highest BCUT2D eigenvalue weighted by atomic mass is 35.5. The Hall–Kier alpha value is -3.60. The van der Waals surface area contributed by atoms with Crippen LogP contribution in [0.2, 0.25) is 5.02 Å². The highest BCUT2D eigenvalue weighted by molar-refractivity contribution is 6.32. The van der Waals surface area contributed by atoms with Crippen LogP contribution in [-0.2, 0) is 9.53 Å². The summed E-state index contributed by atoms with van der Waals surface area (Å²) in [4.78, 5) is 25.5. The summed E-state index contributed by atoms with van der Waals surface area (Å²) in [6, 6.07) is 12.4. The van der Waals surface area contributed by atoms with Gasteiger partial charge in [0.05, 0.1) is 36.2 Å². The maximum Gasteiger partial charge on any atom is 0.269 e. The molecule has 0 aliphatic heterocycles. The van der Waals surface area contributed by atoms with Crippen LogP contribution in [0.15, 0.2) is 61.2 Å². The normalized spacial score (nSPS) is 12.9. The van der Waals surface area contributed by atoms with E-state index < -0.39 is 18.1 Å². The van der Waals surface area contributed by atoms with Crippen LogP contribution in [0.5, 0.6) is 5.88 Å². The van der Waals surface area contributed by atoms with E-state index in [1.165, 1.54) is 6.33 Å². The fourth-order valence-corrected chi connectivity index (χ4v) is 3.18. The summed E-state index contributed by atoms with van der Waals surface area (Å²) in [5.41, 5.74) is 1.10. The number of amides is 1. The van der Waals surface area contributed by atoms with Crippen molar-refractivity contribution in [2.24, 2.45) is 0 Å². The average molecular weight is 469 g/mol. The number of para-hydroxylation sites is 1. The highest BCUT2D eigenvalue weighted by Gasteiger charge is 2.25. The molecule has 3 heterocycles. The molecule has 0 saturated carbocycles. The summed E-state index contributed by atoms with van der Waals surface area (Å²) in [6.07, 6.45) is 2.86. The summed E-state index contributed by atoms with van der Waals surface area (Å²) < 4.78 is 13.1. The summed E-state index contributed by atoms with van der Waals surface area (Å²) in [5.74, 6) is 0.0366. The zero-order valence-corrected chi connectivity index (χ0v) is 18.4. The summed E-state index contributed by atoms with van der Waals surface area (Å²) in [7, 11) is 0.